The van der Waals surface area contributed by atoms with Crippen LogP contribution in [0.4, 0.5) is 0 Å². The molecule has 0 unspecified atom stereocenters. The second-order valence-electron chi connectivity index (χ2n) is 10.2. The fraction of sp³-hybridized carbons (Fsp3) is 0.375. The predicted molar refractivity (Wildman–Crippen MR) is 147 cm³/mol. The van der Waals surface area contributed by atoms with Crippen molar-refractivity contribution in [3.05, 3.63) is 95.6 Å². The van der Waals surface area contributed by atoms with Crippen molar-refractivity contribution < 1.29 is 19.1 Å². The third-order valence-corrected chi connectivity index (χ3v) is 7.40. The van der Waals surface area contributed by atoms with E-state index in [1.165, 1.54) is 0 Å². The number of carbonyl (C=O) groups is 2. The predicted octanol–water partition coefficient (Wildman–Crippen LogP) is 5.09. The lowest BCUT2D eigenvalue weighted by Gasteiger charge is -2.32. The lowest BCUT2D eigenvalue weighted by atomic mass is 10.0. The molecule has 0 spiro atoms. The number of carbonyl (C=O) groups excluding carboxylic acids is 2. The van der Waals surface area contributed by atoms with Gasteiger partial charge >= 0.3 is 0 Å². The number of hydrogen-bond donors (Lipinski definition) is 1. The molecule has 3 aromatic carbocycles. The van der Waals surface area contributed by atoms with Crippen molar-refractivity contribution in [1.82, 2.24) is 10.2 Å². The normalized spacial score (nSPS) is 15.6. The summed E-state index contributed by atoms with van der Waals surface area (Å²) in [6, 6.07) is 25.3. The van der Waals surface area contributed by atoms with E-state index in [1.807, 2.05) is 78.9 Å². The Balaban J connectivity index is 1.38. The standard InChI is InChI=1S/C32H36N2O4/c35-31(18-16-25-15-17-29-30(22-25)38-20-19-37-29)34(23-26-11-5-2-6-12-26)28(21-24-9-3-1-4-10-24)32(36)33-27-13-7-8-14-27/h1-6,9-12,15,17,22,27-28H,7-8,13-14,16,18-21,23H2,(H,33,36)/t28-/m0/s1. The average molecular weight is 513 g/mol. The molecule has 1 aliphatic heterocycles. The number of nitrogens with zero attached hydrogens (tertiary/aromatic N) is 1. The molecular formula is C32H36N2O4. The van der Waals surface area contributed by atoms with Gasteiger partial charge in [-0.25, -0.2) is 0 Å². The molecule has 1 atom stereocenters. The fourth-order valence-electron chi connectivity index (χ4n) is 5.34. The van der Waals surface area contributed by atoms with Gasteiger partial charge in [0.2, 0.25) is 11.8 Å². The summed E-state index contributed by atoms with van der Waals surface area (Å²) in [7, 11) is 0. The molecule has 5 rings (SSSR count). The zero-order chi connectivity index (χ0) is 26.2. The summed E-state index contributed by atoms with van der Waals surface area (Å²) in [5.74, 6) is 1.36. The van der Waals surface area contributed by atoms with Crippen LogP contribution in [0.5, 0.6) is 11.5 Å². The van der Waals surface area contributed by atoms with Crippen LogP contribution in [-0.2, 0) is 29.0 Å². The molecule has 3 aromatic rings. The van der Waals surface area contributed by atoms with E-state index in [-0.39, 0.29) is 17.9 Å². The second-order valence-corrected chi connectivity index (χ2v) is 10.2. The van der Waals surface area contributed by atoms with Gasteiger partial charge in [-0.1, -0.05) is 79.6 Å². The topological polar surface area (TPSA) is 67.9 Å². The Morgan fingerprint density at radius 1 is 0.816 bits per heavy atom. The van der Waals surface area contributed by atoms with Crippen LogP contribution in [0.1, 0.15) is 48.8 Å². The number of ether oxygens (including phenoxy) is 2. The fourth-order valence-corrected chi connectivity index (χ4v) is 5.34. The number of aryl methyl sites for hydroxylation is 1. The van der Waals surface area contributed by atoms with Crippen LogP contribution < -0.4 is 14.8 Å². The molecule has 1 fully saturated rings. The zero-order valence-electron chi connectivity index (χ0n) is 21.8. The lowest BCUT2D eigenvalue weighted by Crippen LogP contribution is -2.52. The summed E-state index contributed by atoms with van der Waals surface area (Å²) >= 11 is 0. The van der Waals surface area contributed by atoms with Crippen LogP contribution in [0.15, 0.2) is 78.9 Å². The van der Waals surface area contributed by atoms with E-state index in [4.69, 9.17) is 9.47 Å². The Bertz CT molecular complexity index is 1210. The summed E-state index contributed by atoms with van der Waals surface area (Å²) in [4.78, 5) is 29.4. The van der Waals surface area contributed by atoms with Crippen molar-refractivity contribution in [1.29, 1.82) is 0 Å². The molecule has 0 bridgehead atoms. The van der Waals surface area contributed by atoms with E-state index >= 15 is 0 Å². The molecule has 0 saturated heterocycles. The van der Waals surface area contributed by atoms with E-state index in [0.29, 0.717) is 39.0 Å². The maximum atomic E-state index is 13.9. The van der Waals surface area contributed by atoms with E-state index in [1.54, 1.807) is 4.90 Å². The van der Waals surface area contributed by atoms with Crippen molar-refractivity contribution in [2.75, 3.05) is 13.2 Å². The van der Waals surface area contributed by atoms with Crippen molar-refractivity contribution in [3.63, 3.8) is 0 Å². The SMILES string of the molecule is O=C(NC1CCCC1)[C@H](Cc1ccccc1)N(Cc1ccccc1)C(=O)CCc1ccc2c(c1)OCCO2. The van der Waals surface area contributed by atoms with Crippen molar-refractivity contribution >= 4 is 11.8 Å². The minimum absolute atomic E-state index is 0.0359. The third-order valence-electron chi connectivity index (χ3n) is 7.40. The van der Waals surface area contributed by atoms with Crippen LogP contribution in [0.25, 0.3) is 0 Å². The molecule has 0 radical (unpaired) electrons. The summed E-state index contributed by atoms with van der Waals surface area (Å²) in [5, 5.41) is 3.27. The van der Waals surface area contributed by atoms with Gasteiger partial charge in [0.05, 0.1) is 0 Å². The number of nitrogens with one attached hydrogen (secondary N) is 1. The van der Waals surface area contributed by atoms with Gasteiger partial charge in [-0.3, -0.25) is 9.59 Å². The number of fused-ring (bicyclic) bond motifs is 1. The number of rotatable bonds is 10. The molecule has 0 aromatic heterocycles. The van der Waals surface area contributed by atoms with Gasteiger partial charge in [-0.05, 0) is 48.1 Å². The second kappa shape index (κ2) is 12.6. The lowest BCUT2D eigenvalue weighted by molar-refractivity contribution is -0.141. The maximum absolute atomic E-state index is 13.9. The van der Waals surface area contributed by atoms with Gasteiger partial charge in [-0.15, -0.1) is 0 Å². The molecule has 6 nitrogen and oxygen atoms in total. The quantitative estimate of drug-likeness (QED) is 0.411. The Morgan fingerprint density at radius 2 is 1.47 bits per heavy atom. The molecule has 1 saturated carbocycles. The molecule has 198 valence electrons. The van der Waals surface area contributed by atoms with E-state index < -0.39 is 6.04 Å². The first kappa shape index (κ1) is 25.8. The summed E-state index contributed by atoms with van der Waals surface area (Å²) in [5.41, 5.74) is 3.06. The van der Waals surface area contributed by atoms with Gasteiger partial charge in [0.1, 0.15) is 19.3 Å². The molecule has 2 amide bonds. The minimum atomic E-state index is -0.592. The van der Waals surface area contributed by atoms with Crippen LogP contribution in [-0.4, -0.2) is 42.0 Å². The number of hydrogen-bond acceptors (Lipinski definition) is 4. The molecule has 1 N–H and O–H groups in total. The third kappa shape index (κ3) is 6.74. The highest BCUT2D eigenvalue weighted by molar-refractivity contribution is 5.88. The van der Waals surface area contributed by atoms with Crippen LogP contribution in [0.2, 0.25) is 0 Å². The molecule has 6 heteroatoms. The minimum Gasteiger partial charge on any atom is -0.486 e. The molecular weight excluding hydrogens is 476 g/mol. The smallest absolute Gasteiger partial charge is 0.243 e. The van der Waals surface area contributed by atoms with E-state index in [9.17, 15) is 9.59 Å². The summed E-state index contributed by atoms with van der Waals surface area (Å²) in [6.07, 6.45) is 5.60. The van der Waals surface area contributed by atoms with Crippen LogP contribution >= 0.6 is 0 Å². The van der Waals surface area contributed by atoms with Crippen LogP contribution in [0.3, 0.4) is 0 Å². The van der Waals surface area contributed by atoms with Crippen molar-refractivity contribution in [3.8, 4) is 11.5 Å². The highest BCUT2D eigenvalue weighted by Gasteiger charge is 2.32. The largest absolute Gasteiger partial charge is 0.486 e. The van der Waals surface area contributed by atoms with E-state index in [0.717, 1.165) is 53.9 Å². The molecule has 38 heavy (non-hydrogen) atoms. The molecule has 1 aliphatic carbocycles. The summed E-state index contributed by atoms with van der Waals surface area (Å²) < 4.78 is 11.4. The number of benzene rings is 3. The Kier molecular flexibility index (Phi) is 8.59. The number of amides is 2. The van der Waals surface area contributed by atoms with Gasteiger partial charge in [-0.2, -0.15) is 0 Å². The highest BCUT2D eigenvalue weighted by Crippen LogP contribution is 2.31. The Hall–Kier alpha value is -3.80. The van der Waals surface area contributed by atoms with Gasteiger partial charge in [0, 0.05) is 25.4 Å². The average Bonchev–Trinajstić information content (AvgIpc) is 3.47. The van der Waals surface area contributed by atoms with Crippen molar-refractivity contribution in [2.45, 2.75) is 63.6 Å². The molecule has 2 aliphatic rings. The summed E-state index contributed by atoms with van der Waals surface area (Å²) in [6.45, 7) is 1.46. The first-order valence-corrected chi connectivity index (χ1v) is 13.7. The van der Waals surface area contributed by atoms with Crippen molar-refractivity contribution in [2.24, 2.45) is 0 Å². The Labute approximate surface area is 225 Å². The van der Waals surface area contributed by atoms with E-state index in [2.05, 4.69) is 5.32 Å². The maximum Gasteiger partial charge on any atom is 0.243 e. The highest BCUT2D eigenvalue weighted by atomic mass is 16.6. The first-order chi connectivity index (χ1) is 18.7. The Morgan fingerprint density at radius 3 is 2.18 bits per heavy atom. The van der Waals surface area contributed by atoms with Gasteiger partial charge in [0.15, 0.2) is 11.5 Å². The molecule has 1 heterocycles. The van der Waals surface area contributed by atoms with Gasteiger partial charge in [0.25, 0.3) is 0 Å². The monoisotopic (exact) mass is 512 g/mol. The zero-order valence-corrected chi connectivity index (χ0v) is 21.8. The first-order valence-electron chi connectivity index (χ1n) is 13.7. The van der Waals surface area contributed by atoms with Gasteiger partial charge < -0.3 is 19.7 Å². The van der Waals surface area contributed by atoms with Crippen LogP contribution in [0, 0.1) is 0 Å².